The van der Waals surface area contributed by atoms with Gasteiger partial charge >= 0.3 is 0 Å². The molecule has 1 heterocycles. The first kappa shape index (κ1) is 20.3. The molecule has 144 valence electrons. The van der Waals surface area contributed by atoms with E-state index < -0.39 is 10.0 Å². The van der Waals surface area contributed by atoms with Crippen LogP contribution in [0.15, 0.2) is 64.0 Å². The molecule has 0 radical (unpaired) electrons. The van der Waals surface area contributed by atoms with Crippen molar-refractivity contribution in [3.63, 3.8) is 0 Å². The number of nitriles is 1. The SMILES string of the molecule is N#Cc1ccccc1S(=O)(=O)N1CCN(C(=O)/C=C/c2ccccc2Br)CC1. The molecule has 0 aliphatic carbocycles. The monoisotopic (exact) mass is 459 g/mol. The molecule has 1 saturated heterocycles. The lowest BCUT2D eigenvalue weighted by Gasteiger charge is -2.33. The van der Waals surface area contributed by atoms with Crippen LogP contribution in [0.4, 0.5) is 0 Å². The molecular weight excluding hydrogens is 442 g/mol. The maximum absolute atomic E-state index is 12.8. The van der Waals surface area contributed by atoms with Crippen LogP contribution in [0.3, 0.4) is 0 Å². The Balaban J connectivity index is 1.66. The summed E-state index contributed by atoms with van der Waals surface area (Å²) in [6.07, 6.45) is 3.23. The molecule has 1 aliphatic heterocycles. The molecule has 2 aromatic carbocycles. The quantitative estimate of drug-likeness (QED) is 0.658. The van der Waals surface area contributed by atoms with Gasteiger partial charge in [0, 0.05) is 36.7 Å². The highest BCUT2D eigenvalue weighted by Gasteiger charge is 2.31. The average molecular weight is 460 g/mol. The van der Waals surface area contributed by atoms with Gasteiger partial charge in [-0.3, -0.25) is 4.79 Å². The molecule has 2 aromatic rings. The van der Waals surface area contributed by atoms with Gasteiger partial charge in [-0.05, 0) is 29.8 Å². The third kappa shape index (κ3) is 4.33. The first-order valence-electron chi connectivity index (χ1n) is 8.64. The van der Waals surface area contributed by atoms with Crippen LogP contribution in [0, 0.1) is 11.3 Å². The summed E-state index contributed by atoms with van der Waals surface area (Å²) in [4.78, 5) is 14.0. The van der Waals surface area contributed by atoms with Crippen molar-refractivity contribution in [1.82, 2.24) is 9.21 Å². The third-order valence-corrected chi connectivity index (χ3v) is 7.17. The zero-order valence-corrected chi connectivity index (χ0v) is 17.4. The van der Waals surface area contributed by atoms with E-state index in [4.69, 9.17) is 0 Å². The molecule has 0 saturated carbocycles. The van der Waals surface area contributed by atoms with E-state index in [1.54, 1.807) is 23.1 Å². The predicted octanol–water partition coefficient (Wildman–Crippen LogP) is 2.87. The predicted molar refractivity (Wildman–Crippen MR) is 110 cm³/mol. The second-order valence-corrected chi connectivity index (χ2v) is 8.95. The van der Waals surface area contributed by atoms with Crippen LogP contribution in [0.5, 0.6) is 0 Å². The number of piperazine rings is 1. The Bertz CT molecular complexity index is 1050. The summed E-state index contributed by atoms with van der Waals surface area (Å²) in [6, 6.07) is 15.6. The van der Waals surface area contributed by atoms with Gasteiger partial charge in [0.25, 0.3) is 0 Å². The first-order chi connectivity index (χ1) is 13.4. The van der Waals surface area contributed by atoms with Crippen molar-refractivity contribution in [2.75, 3.05) is 26.2 Å². The number of carbonyl (C=O) groups excluding carboxylic acids is 1. The fourth-order valence-electron chi connectivity index (χ4n) is 2.95. The smallest absolute Gasteiger partial charge is 0.246 e. The second kappa shape index (κ2) is 8.69. The Morgan fingerprint density at radius 3 is 2.36 bits per heavy atom. The van der Waals surface area contributed by atoms with E-state index in [2.05, 4.69) is 15.9 Å². The average Bonchev–Trinajstić information content (AvgIpc) is 2.73. The van der Waals surface area contributed by atoms with E-state index in [1.165, 1.54) is 22.5 Å². The van der Waals surface area contributed by atoms with E-state index in [0.29, 0.717) is 13.1 Å². The van der Waals surface area contributed by atoms with Gasteiger partial charge in [-0.15, -0.1) is 0 Å². The maximum atomic E-state index is 12.8. The number of amides is 1. The van der Waals surface area contributed by atoms with Crippen LogP contribution in [-0.4, -0.2) is 49.7 Å². The fraction of sp³-hybridized carbons (Fsp3) is 0.200. The molecule has 1 fully saturated rings. The highest BCUT2D eigenvalue weighted by molar-refractivity contribution is 9.10. The summed E-state index contributed by atoms with van der Waals surface area (Å²) in [6.45, 7) is 0.980. The molecule has 0 spiro atoms. The summed E-state index contributed by atoms with van der Waals surface area (Å²) in [5, 5.41) is 9.17. The number of carbonyl (C=O) groups is 1. The van der Waals surface area contributed by atoms with Gasteiger partial charge in [-0.1, -0.05) is 46.3 Å². The van der Waals surface area contributed by atoms with Crippen molar-refractivity contribution in [3.05, 3.63) is 70.2 Å². The number of rotatable bonds is 4. The topological polar surface area (TPSA) is 81.5 Å². The largest absolute Gasteiger partial charge is 0.337 e. The summed E-state index contributed by atoms with van der Waals surface area (Å²) < 4.78 is 27.9. The van der Waals surface area contributed by atoms with Crippen LogP contribution in [-0.2, 0) is 14.8 Å². The minimum Gasteiger partial charge on any atom is -0.337 e. The fourth-order valence-corrected chi connectivity index (χ4v) is 4.93. The van der Waals surface area contributed by atoms with E-state index >= 15 is 0 Å². The summed E-state index contributed by atoms with van der Waals surface area (Å²) >= 11 is 3.43. The van der Waals surface area contributed by atoms with Crippen LogP contribution in [0.25, 0.3) is 6.08 Å². The van der Waals surface area contributed by atoms with Crippen LogP contribution < -0.4 is 0 Å². The van der Waals surface area contributed by atoms with E-state index in [-0.39, 0.29) is 29.5 Å². The second-order valence-electron chi connectivity index (χ2n) is 6.19. The minimum absolute atomic E-state index is 0.00565. The van der Waals surface area contributed by atoms with Gasteiger partial charge in [-0.2, -0.15) is 9.57 Å². The zero-order valence-electron chi connectivity index (χ0n) is 15.0. The molecule has 3 rings (SSSR count). The molecular formula is C20H18BrN3O3S. The molecule has 0 unspecified atom stereocenters. The van der Waals surface area contributed by atoms with Crippen LogP contribution >= 0.6 is 15.9 Å². The molecule has 0 atom stereocenters. The van der Waals surface area contributed by atoms with Crippen molar-refractivity contribution >= 4 is 37.9 Å². The molecule has 6 nitrogen and oxygen atoms in total. The zero-order chi connectivity index (χ0) is 20.1. The van der Waals surface area contributed by atoms with Crippen molar-refractivity contribution in [2.24, 2.45) is 0 Å². The van der Waals surface area contributed by atoms with Gasteiger partial charge in [0.15, 0.2) is 0 Å². The first-order valence-corrected chi connectivity index (χ1v) is 10.9. The molecule has 0 N–H and O–H groups in total. The van der Waals surface area contributed by atoms with Crippen molar-refractivity contribution in [3.8, 4) is 6.07 Å². The lowest BCUT2D eigenvalue weighted by atomic mass is 10.2. The lowest BCUT2D eigenvalue weighted by Crippen LogP contribution is -2.50. The number of hydrogen-bond donors (Lipinski definition) is 0. The molecule has 0 bridgehead atoms. The van der Waals surface area contributed by atoms with Gasteiger partial charge in [0.1, 0.15) is 6.07 Å². The number of nitrogens with zero attached hydrogens (tertiary/aromatic N) is 3. The van der Waals surface area contributed by atoms with Gasteiger partial charge in [0.05, 0.1) is 10.5 Å². The number of halogens is 1. The Morgan fingerprint density at radius 2 is 1.68 bits per heavy atom. The minimum atomic E-state index is -3.77. The van der Waals surface area contributed by atoms with E-state index in [1.807, 2.05) is 30.3 Å². The van der Waals surface area contributed by atoms with E-state index in [9.17, 15) is 18.5 Å². The van der Waals surface area contributed by atoms with E-state index in [0.717, 1.165) is 10.0 Å². The number of sulfonamides is 1. The Morgan fingerprint density at radius 1 is 1.04 bits per heavy atom. The Hall–Kier alpha value is -2.47. The highest BCUT2D eigenvalue weighted by atomic mass is 79.9. The van der Waals surface area contributed by atoms with Crippen LogP contribution in [0.2, 0.25) is 0 Å². The van der Waals surface area contributed by atoms with Gasteiger partial charge in [0.2, 0.25) is 15.9 Å². The highest BCUT2D eigenvalue weighted by Crippen LogP contribution is 2.21. The Labute approximate surface area is 172 Å². The van der Waals surface area contributed by atoms with Gasteiger partial charge in [-0.25, -0.2) is 8.42 Å². The van der Waals surface area contributed by atoms with Crippen molar-refractivity contribution in [2.45, 2.75) is 4.90 Å². The number of hydrogen-bond acceptors (Lipinski definition) is 4. The molecule has 0 aromatic heterocycles. The van der Waals surface area contributed by atoms with Gasteiger partial charge < -0.3 is 4.90 Å². The molecule has 28 heavy (non-hydrogen) atoms. The standard InChI is InChI=1S/C20H18BrN3O3S/c21-18-7-3-1-5-16(18)9-10-20(25)23-11-13-24(14-12-23)28(26,27)19-8-4-2-6-17(19)15-22/h1-10H,11-14H2/b10-9+. The van der Waals surface area contributed by atoms with Crippen molar-refractivity contribution < 1.29 is 13.2 Å². The summed E-state index contributed by atoms with van der Waals surface area (Å²) in [5.41, 5.74) is 1.02. The third-order valence-electron chi connectivity index (χ3n) is 4.49. The molecule has 1 amide bonds. The molecule has 1 aliphatic rings. The normalized spacial score (nSPS) is 15.5. The Kier molecular flexibility index (Phi) is 6.29. The lowest BCUT2D eigenvalue weighted by molar-refractivity contribution is -0.127. The molecule has 8 heteroatoms. The summed E-state index contributed by atoms with van der Waals surface area (Å²) in [7, 11) is -3.77. The maximum Gasteiger partial charge on any atom is 0.246 e. The van der Waals surface area contributed by atoms with Crippen LogP contribution in [0.1, 0.15) is 11.1 Å². The summed E-state index contributed by atoms with van der Waals surface area (Å²) in [5.74, 6) is -0.162. The van der Waals surface area contributed by atoms with Crippen molar-refractivity contribution in [1.29, 1.82) is 5.26 Å². The number of benzene rings is 2.